The first kappa shape index (κ1) is 22.3. The van der Waals surface area contributed by atoms with Crippen LogP contribution in [0.1, 0.15) is 26.3 Å². The number of amides is 2. The van der Waals surface area contributed by atoms with Gasteiger partial charge in [0.05, 0.1) is 12.2 Å². The molecule has 8 heteroatoms. The van der Waals surface area contributed by atoms with Gasteiger partial charge in [-0.1, -0.05) is 54.1 Å². The molecule has 6 nitrogen and oxygen atoms in total. The van der Waals surface area contributed by atoms with E-state index in [-0.39, 0.29) is 5.11 Å². The predicted octanol–water partition coefficient (Wildman–Crippen LogP) is 3.91. The van der Waals surface area contributed by atoms with Crippen molar-refractivity contribution in [3.8, 4) is 5.75 Å². The SMILES string of the molecule is O=C(NNC(=S)NC(=O)c1ccccc1OCCc1ccccc1)c1ccc(Cl)cc1. The quantitative estimate of drug-likeness (QED) is 0.389. The van der Waals surface area contributed by atoms with Gasteiger partial charge in [0.2, 0.25) is 0 Å². The molecule has 3 aromatic rings. The first-order chi connectivity index (χ1) is 15.0. The molecule has 158 valence electrons. The molecular formula is C23H20ClN3O3S. The highest BCUT2D eigenvalue weighted by Crippen LogP contribution is 2.18. The van der Waals surface area contributed by atoms with Gasteiger partial charge in [0.15, 0.2) is 5.11 Å². The van der Waals surface area contributed by atoms with Crippen LogP contribution in [0.25, 0.3) is 0 Å². The molecule has 0 aliphatic rings. The Morgan fingerprint density at radius 3 is 2.26 bits per heavy atom. The molecule has 2 amide bonds. The normalized spacial score (nSPS) is 10.1. The van der Waals surface area contributed by atoms with Gasteiger partial charge in [0.1, 0.15) is 5.75 Å². The van der Waals surface area contributed by atoms with E-state index < -0.39 is 11.8 Å². The number of thiocarbonyl (C=S) groups is 1. The lowest BCUT2D eigenvalue weighted by atomic mass is 10.1. The van der Waals surface area contributed by atoms with Gasteiger partial charge in [-0.3, -0.25) is 25.8 Å². The molecule has 0 saturated carbocycles. The average molecular weight is 454 g/mol. The molecular weight excluding hydrogens is 434 g/mol. The zero-order valence-corrected chi connectivity index (χ0v) is 18.0. The van der Waals surface area contributed by atoms with E-state index in [1.807, 2.05) is 30.3 Å². The smallest absolute Gasteiger partial charge is 0.269 e. The molecule has 0 aromatic heterocycles. The predicted molar refractivity (Wildman–Crippen MR) is 124 cm³/mol. The van der Waals surface area contributed by atoms with E-state index in [1.165, 1.54) is 0 Å². The topological polar surface area (TPSA) is 79.5 Å². The maximum Gasteiger partial charge on any atom is 0.269 e. The van der Waals surface area contributed by atoms with Crippen LogP contribution >= 0.6 is 23.8 Å². The Morgan fingerprint density at radius 1 is 0.839 bits per heavy atom. The lowest BCUT2D eigenvalue weighted by Crippen LogP contribution is -2.48. The van der Waals surface area contributed by atoms with Crippen molar-refractivity contribution >= 4 is 40.7 Å². The summed E-state index contributed by atoms with van der Waals surface area (Å²) < 4.78 is 5.80. The van der Waals surface area contributed by atoms with E-state index in [4.69, 9.17) is 28.6 Å². The van der Waals surface area contributed by atoms with Crippen molar-refractivity contribution in [1.82, 2.24) is 16.2 Å². The lowest BCUT2D eigenvalue weighted by molar-refractivity contribution is 0.0933. The average Bonchev–Trinajstić information content (AvgIpc) is 2.79. The monoisotopic (exact) mass is 453 g/mol. The Hall–Kier alpha value is -3.42. The minimum absolute atomic E-state index is 0.0496. The Bertz CT molecular complexity index is 1060. The molecule has 0 heterocycles. The number of halogens is 1. The number of nitrogens with one attached hydrogen (secondary N) is 3. The van der Waals surface area contributed by atoms with Crippen molar-refractivity contribution in [2.45, 2.75) is 6.42 Å². The highest BCUT2D eigenvalue weighted by molar-refractivity contribution is 7.80. The highest BCUT2D eigenvalue weighted by atomic mass is 35.5. The zero-order valence-electron chi connectivity index (χ0n) is 16.4. The lowest BCUT2D eigenvalue weighted by Gasteiger charge is -2.13. The first-order valence-electron chi connectivity index (χ1n) is 9.46. The van der Waals surface area contributed by atoms with Crippen LogP contribution in [0, 0.1) is 0 Å². The van der Waals surface area contributed by atoms with Crippen LogP contribution in [0.3, 0.4) is 0 Å². The second kappa shape index (κ2) is 11.1. The molecule has 0 radical (unpaired) electrons. The van der Waals surface area contributed by atoms with Gasteiger partial charge < -0.3 is 4.74 Å². The Balaban J connectivity index is 1.51. The fourth-order valence-electron chi connectivity index (χ4n) is 2.69. The van der Waals surface area contributed by atoms with Crippen LogP contribution in [-0.4, -0.2) is 23.5 Å². The summed E-state index contributed by atoms with van der Waals surface area (Å²) in [5.74, 6) is -0.421. The summed E-state index contributed by atoms with van der Waals surface area (Å²) in [5.41, 5.74) is 6.80. The van der Waals surface area contributed by atoms with Crippen molar-refractivity contribution in [3.05, 3.63) is 101 Å². The zero-order chi connectivity index (χ0) is 22.1. The van der Waals surface area contributed by atoms with Gasteiger partial charge in [0.25, 0.3) is 11.8 Å². The standard InChI is InChI=1S/C23H20ClN3O3S/c24-18-12-10-17(11-13-18)21(28)26-27-23(31)25-22(29)19-8-4-5-9-20(19)30-15-14-16-6-2-1-3-7-16/h1-13H,14-15H2,(H,26,28)(H2,25,27,29,31). The summed E-state index contributed by atoms with van der Waals surface area (Å²) >= 11 is 10.9. The molecule has 0 aliphatic carbocycles. The van der Waals surface area contributed by atoms with Gasteiger partial charge in [-0.25, -0.2) is 0 Å². The second-order valence-electron chi connectivity index (χ2n) is 6.45. The number of hydrogen-bond donors (Lipinski definition) is 3. The summed E-state index contributed by atoms with van der Waals surface area (Å²) in [7, 11) is 0. The Morgan fingerprint density at radius 2 is 1.52 bits per heavy atom. The minimum Gasteiger partial charge on any atom is -0.492 e. The van der Waals surface area contributed by atoms with Gasteiger partial charge in [-0.2, -0.15) is 0 Å². The van der Waals surface area contributed by atoms with Crippen LogP contribution < -0.4 is 20.9 Å². The molecule has 0 atom stereocenters. The van der Waals surface area contributed by atoms with Gasteiger partial charge >= 0.3 is 0 Å². The largest absolute Gasteiger partial charge is 0.492 e. The van der Waals surface area contributed by atoms with Gasteiger partial charge in [-0.15, -0.1) is 0 Å². The van der Waals surface area contributed by atoms with E-state index in [2.05, 4.69) is 16.2 Å². The third-order valence-corrected chi connectivity index (χ3v) is 4.70. The third kappa shape index (κ3) is 6.80. The van der Waals surface area contributed by atoms with Crippen LogP contribution in [0.5, 0.6) is 5.75 Å². The number of ether oxygens (including phenoxy) is 1. The van der Waals surface area contributed by atoms with Crippen LogP contribution in [0.2, 0.25) is 5.02 Å². The molecule has 0 saturated heterocycles. The number of para-hydroxylation sites is 1. The summed E-state index contributed by atoms with van der Waals surface area (Å²) in [6, 6.07) is 23.2. The molecule has 0 unspecified atom stereocenters. The van der Waals surface area contributed by atoms with Crippen molar-refractivity contribution in [3.63, 3.8) is 0 Å². The second-order valence-corrected chi connectivity index (χ2v) is 7.29. The van der Waals surface area contributed by atoms with Crippen LogP contribution in [-0.2, 0) is 6.42 Å². The molecule has 0 spiro atoms. The van der Waals surface area contributed by atoms with Gasteiger partial charge in [0, 0.05) is 17.0 Å². The summed E-state index contributed by atoms with van der Waals surface area (Å²) in [6.45, 7) is 0.425. The van der Waals surface area contributed by atoms with E-state index in [1.54, 1.807) is 48.5 Å². The fraction of sp³-hybridized carbons (Fsp3) is 0.0870. The van der Waals surface area contributed by atoms with Crippen molar-refractivity contribution in [2.24, 2.45) is 0 Å². The highest BCUT2D eigenvalue weighted by Gasteiger charge is 2.14. The molecule has 0 aliphatic heterocycles. The minimum atomic E-state index is -0.450. The number of rotatable bonds is 6. The van der Waals surface area contributed by atoms with Crippen LogP contribution in [0.4, 0.5) is 0 Å². The van der Waals surface area contributed by atoms with Crippen molar-refractivity contribution in [2.75, 3.05) is 6.61 Å². The van der Waals surface area contributed by atoms with E-state index in [9.17, 15) is 9.59 Å². The van der Waals surface area contributed by atoms with Crippen LogP contribution in [0.15, 0.2) is 78.9 Å². The molecule has 0 fully saturated rings. The summed E-state index contributed by atoms with van der Waals surface area (Å²) in [5, 5.41) is 3.00. The Labute approximate surface area is 190 Å². The number of hydrazine groups is 1. The third-order valence-electron chi connectivity index (χ3n) is 4.25. The first-order valence-corrected chi connectivity index (χ1v) is 10.2. The van der Waals surface area contributed by atoms with E-state index in [0.717, 1.165) is 5.56 Å². The molecule has 3 N–H and O–H groups in total. The summed E-state index contributed by atoms with van der Waals surface area (Å²) in [4.78, 5) is 24.7. The number of benzene rings is 3. The van der Waals surface area contributed by atoms with Crippen molar-refractivity contribution in [1.29, 1.82) is 0 Å². The maximum absolute atomic E-state index is 12.6. The number of carbonyl (C=O) groups excluding carboxylic acids is 2. The number of carbonyl (C=O) groups is 2. The fourth-order valence-corrected chi connectivity index (χ4v) is 2.96. The number of hydrogen-bond acceptors (Lipinski definition) is 4. The molecule has 0 bridgehead atoms. The van der Waals surface area contributed by atoms with Gasteiger partial charge in [-0.05, 0) is 54.2 Å². The van der Waals surface area contributed by atoms with E-state index in [0.29, 0.717) is 34.9 Å². The Kier molecular flexibility index (Phi) is 7.98. The molecule has 3 rings (SSSR count). The maximum atomic E-state index is 12.6. The van der Waals surface area contributed by atoms with E-state index >= 15 is 0 Å². The molecule has 3 aromatic carbocycles. The van der Waals surface area contributed by atoms with Crippen molar-refractivity contribution < 1.29 is 14.3 Å². The molecule has 31 heavy (non-hydrogen) atoms. The summed E-state index contributed by atoms with van der Waals surface area (Å²) in [6.07, 6.45) is 0.716.